The largest absolute Gasteiger partial charge is 0.448 e. The zero-order valence-corrected chi connectivity index (χ0v) is 39.4. The quantitative estimate of drug-likeness (QED) is 0.178. The standard InChI is InChI=1S/2C11H19NO.2C11H19NS/c1-10(2,3)8-7-13-9(12-8)11(4,5)6;1-10(2,3)8-7-12-9(13-8)11(4,5)6;1-10(2,3)8-7-13-9(12-8)11(4,5)6;1-10(2,3)8-7-12-9(13-8)11(4,5)6/h4*7H,1-6H3. The van der Waals surface area contributed by atoms with Crippen LogP contribution in [0.2, 0.25) is 0 Å². The van der Waals surface area contributed by atoms with Gasteiger partial charge >= 0.3 is 0 Å². The van der Waals surface area contributed by atoms with Gasteiger partial charge in [0, 0.05) is 54.4 Å². The Morgan fingerprint density at radius 1 is 0.442 bits per heavy atom. The third kappa shape index (κ3) is 15.6. The molecule has 0 saturated heterocycles. The van der Waals surface area contributed by atoms with Gasteiger partial charge in [-0.15, -0.1) is 22.7 Å². The summed E-state index contributed by atoms with van der Waals surface area (Å²) < 4.78 is 11.1. The smallest absolute Gasteiger partial charge is 0.199 e. The first kappa shape index (κ1) is 47.7. The van der Waals surface area contributed by atoms with Gasteiger partial charge in [-0.1, -0.05) is 166 Å². The summed E-state index contributed by atoms with van der Waals surface area (Å²) in [6.07, 6.45) is 5.62. The fourth-order valence-corrected chi connectivity index (χ4v) is 6.03. The summed E-state index contributed by atoms with van der Waals surface area (Å²) in [5.74, 6) is 2.59. The average Bonchev–Trinajstić information content (AvgIpc) is 3.72. The van der Waals surface area contributed by atoms with Crippen molar-refractivity contribution < 1.29 is 8.83 Å². The third-order valence-electron chi connectivity index (χ3n) is 7.60. The first-order valence-electron chi connectivity index (χ1n) is 18.7. The predicted molar refractivity (Wildman–Crippen MR) is 227 cm³/mol. The highest BCUT2D eigenvalue weighted by Crippen LogP contribution is 2.34. The second-order valence-electron chi connectivity index (χ2n) is 22.1. The van der Waals surface area contributed by atoms with E-state index in [2.05, 4.69) is 191 Å². The van der Waals surface area contributed by atoms with E-state index in [1.165, 1.54) is 20.6 Å². The summed E-state index contributed by atoms with van der Waals surface area (Å²) in [5, 5.41) is 4.65. The van der Waals surface area contributed by atoms with Gasteiger partial charge in [0.15, 0.2) is 11.8 Å². The summed E-state index contributed by atoms with van der Waals surface area (Å²) >= 11 is 3.61. The van der Waals surface area contributed by atoms with Crippen molar-refractivity contribution in [3.63, 3.8) is 0 Å². The van der Waals surface area contributed by atoms with Gasteiger partial charge in [-0.3, -0.25) is 0 Å². The fraction of sp³-hybridized carbons (Fsp3) is 0.727. The van der Waals surface area contributed by atoms with Gasteiger partial charge in [0.25, 0.3) is 0 Å². The van der Waals surface area contributed by atoms with Crippen molar-refractivity contribution in [1.29, 1.82) is 0 Å². The molecule has 52 heavy (non-hydrogen) atoms. The summed E-state index contributed by atoms with van der Waals surface area (Å²) in [5.41, 5.74) is 3.17. The maximum absolute atomic E-state index is 5.70. The molecular weight excluding hydrogens is 681 g/mol. The molecule has 0 aromatic carbocycles. The van der Waals surface area contributed by atoms with Crippen molar-refractivity contribution in [3.8, 4) is 0 Å². The number of rotatable bonds is 0. The van der Waals surface area contributed by atoms with E-state index in [0.717, 1.165) is 23.2 Å². The minimum atomic E-state index is 0.00347. The van der Waals surface area contributed by atoms with Gasteiger partial charge in [-0.25, -0.2) is 19.9 Å². The Balaban J connectivity index is 0.000000347. The Morgan fingerprint density at radius 2 is 0.923 bits per heavy atom. The summed E-state index contributed by atoms with van der Waals surface area (Å²) in [6.45, 7) is 51.9. The van der Waals surface area contributed by atoms with E-state index in [0.29, 0.717) is 0 Å². The van der Waals surface area contributed by atoms with E-state index in [4.69, 9.17) is 8.83 Å². The molecule has 0 atom stereocenters. The average molecular weight is 757 g/mol. The Kier molecular flexibility index (Phi) is 15.2. The highest BCUT2D eigenvalue weighted by atomic mass is 32.1. The van der Waals surface area contributed by atoms with Crippen molar-refractivity contribution in [2.75, 3.05) is 0 Å². The molecule has 4 aromatic heterocycles. The molecule has 4 heterocycles. The third-order valence-corrected chi connectivity index (χ3v) is 10.7. The van der Waals surface area contributed by atoms with Crippen LogP contribution in [0.3, 0.4) is 0 Å². The van der Waals surface area contributed by atoms with Crippen molar-refractivity contribution >= 4 is 22.7 Å². The van der Waals surface area contributed by atoms with Crippen LogP contribution < -0.4 is 0 Å². The van der Waals surface area contributed by atoms with Gasteiger partial charge in [0.2, 0.25) is 0 Å². The van der Waals surface area contributed by atoms with E-state index < -0.39 is 0 Å². The molecule has 4 aromatic rings. The van der Waals surface area contributed by atoms with Crippen LogP contribution in [0.25, 0.3) is 0 Å². The molecule has 0 fully saturated rings. The summed E-state index contributed by atoms with van der Waals surface area (Å²) in [6, 6.07) is 0. The normalized spacial score (nSPS) is 13.4. The Morgan fingerprint density at radius 3 is 1.15 bits per heavy atom. The van der Waals surface area contributed by atoms with Crippen LogP contribution in [0, 0.1) is 0 Å². The molecule has 0 saturated carbocycles. The van der Waals surface area contributed by atoms with Crippen molar-refractivity contribution in [2.24, 2.45) is 0 Å². The molecule has 0 bridgehead atoms. The molecule has 0 N–H and O–H groups in total. The van der Waals surface area contributed by atoms with Crippen LogP contribution in [0.4, 0.5) is 0 Å². The molecule has 0 unspecified atom stereocenters. The van der Waals surface area contributed by atoms with Crippen molar-refractivity contribution in [1.82, 2.24) is 19.9 Å². The Hall–Kier alpha value is -2.32. The molecule has 8 heteroatoms. The topological polar surface area (TPSA) is 77.8 Å². The Bertz CT molecular complexity index is 1280. The minimum Gasteiger partial charge on any atom is -0.448 e. The molecule has 0 amide bonds. The molecule has 4 rings (SSSR count). The zero-order chi connectivity index (χ0) is 41.1. The van der Waals surface area contributed by atoms with Gasteiger partial charge < -0.3 is 8.83 Å². The fourth-order valence-electron chi connectivity index (χ4n) is 3.86. The first-order valence-corrected chi connectivity index (χ1v) is 20.4. The van der Waals surface area contributed by atoms with Gasteiger partial charge in [0.05, 0.1) is 27.6 Å². The van der Waals surface area contributed by atoms with E-state index in [9.17, 15) is 0 Å². The number of thiazole rings is 2. The van der Waals surface area contributed by atoms with Crippen LogP contribution in [0.5, 0.6) is 0 Å². The molecule has 0 aliphatic rings. The van der Waals surface area contributed by atoms with Gasteiger partial charge in [-0.2, -0.15) is 0 Å². The van der Waals surface area contributed by atoms with Crippen LogP contribution in [0.15, 0.2) is 32.9 Å². The molecule has 296 valence electrons. The summed E-state index contributed by atoms with van der Waals surface area (Å²) in [7, 11) is 0. The number of hydrogen-bond donors (Lipinski definition) is 0. The van der Waals surface area contributed by atoms with Gasteiger partial charge in [-0.05, 0) is 5.41 Å². The lowest BCUT2D eigenvalue weighted by molar-refractivity contribution is 0.335. The van der Waals surface area contributed by atoms with Crippen LogP contribution in [-0.2, 0) is 43.3 Å². The number of nitrogens with zero attached hydrogens (tertiary/aromatic N) is 4. The number of hydrogen-bond acceptors (Lipinski definition) is 8. The van der Waals surface area contributed by atoms with Gasteiger partial charge in [0.1, 0.15) is 12.0 Å². The second-order valence-corrected chi connectivity index (χ2v) is 24.0. The molecule has 0 radical (unpaired) electrons. The van der Waals surface area contributed by atoms with E-state index in [1.54, 1.807) is 17.6 Å². The minimum absolute atomic E-state index is 0.00347. The summed E-state index contributed by atoms with van der Waals surface area (Å²) in [4.78, 5) is 19.3. The molecular formula is C44H76N4O2S2. The lowest BCUT2D eigenvalue weighted by Gasteiger charge is -2.17. The molecule has 0 aliphatic heterocycles. The zero-order valence-electron chi connectivity index (χ0n) is 37.7. The second kappa shape index (κ2) is 16.6. The highest BCUT2D eigenvalue weighted by molar-refractivity contribution is 7.12. The lowest BCUT2D eigenvalue weighted by atomic mass is 9.92. The first-order chi connectivity index (χ1) is 22.8. The SMILES string of the molecule is CC(C)(C)c1cnc(C(C)(C)C)o1.CC(C)(C)c1cnc(C(C)(C)C)s1.CC(C)(C)c1coc(C(C)(C)C)n1.CC(C)(C)c1csc(C(C)(C)C)n1. The van der Waals surface area contributed by atoms with E-state index >= 15 is 0 Å². The maximum atomic E-state index is 5.70. The molecule has 0 spiro atoms. The maximum Gasteiger partial charge on any atom is 0.199 e. The van der Waals surface area contributed by atoms with E-state index in [1.807, 2.05) is 23.7 Å². The number of aromatic nitrogens is 4. The van der Waals surface area contributed by atoms with E-state index in [-0.39, 0.29) is 43.3 Å². The monoisotopic (exact) mass is 757 g/mol. The van der Waals surface area contributed by atoms with Crippen LogP contribution in [-0.4, -0.2) is 19.9 Å². The van der Waals surface area contributed by atoms with Crippen molar-refractivity contribution in [3.05, 3.63) is 67.9 Å². The molecule has 0 aliphatic carbocycles. The predicted octanol–water partition coefficient (Wildman–Crippen LogP) is 14.0. The number of oxazole rings is 2. The van der Waals surface area contributed by atoms with Crippen LogP contribution >= 0.6 is 22.7 Å². The lowest BCUT2D eigenvalue weighted by Crippen LogP contribution is -2.15. The van der Waals surface area contributed by atoms with Crippen LogP contribution in [0.1, 0.15) is 210 Å². The molecule has 6 nitrogen and oxygen atoms in total. The highest BCUT2D eigenvalue weighted by Gasteiger charge is 2.27. The van der Waals surface area contributed by atoms with Crippen molar-refractivity contribution in [2.45, 2.75) is 209 Å². The Labute approximate surface area is 327 Å².